The summed E-state index contributed by atoms with van der Waals surface area (Å²) in [4.78, 5) is 33.6. The smallest absolute Gasteiger partial charge is 0.266 e. The second kappa shape index (κ2) is 10.6. The molecule has 1 amide bonds. The second-order valence-corrected chi connectivity index (χ2v) is 8.66. The lowest BCUT2D eigenvalue weighted by atomic mass is 10.1. The highest BCUT2D eigenvalue weighted by Crippen LogP contribution is 2.29. The summed E-state index contributed by atoms with van der Waals surface area (Å²) < 4.78 is 12.5. The van der Waals surface area contributed by atoms with Crippen molar-refractivity contribution in [2.75, 3.05) is 27.4 Å². The molecule has 0 radical (unpaired) electrons. The van der Waals surface area contributed by atoms with Crippen molar-refractivity contribution >= 4 is 16.8 Å². The molecule has 7 heteroatoms. The van der Waals surface area contributed by atoms with Gasteiger partial charge in [0.25, 0.3) is 5.56 Å². The molecule has 3 aromatic rings. The fraction of sp³-hybridized carbons (Fsp3) is 0.423. The molecule has 0 aliphatic carbocycles. The van der Waals surface area contributed by atoms with E-state index in [0.717, 1.165) is 5.56 Å². The topological polar surface area (TPSA) is 73.7 Å². The molecule has 0 fully saturated rings. The zero-order valence-corrected chi connectivity index (χ0v) is 20.3. The minimum Gasteiger partial charge on any atom is -0.495 e. The molecule has 1 unspecified atom stereocenters. The van der Waals surface area contributed by atoms with Crippen LogP contribution in [0.3, 0.4) is 0 Å². The van der Waals surface area contributed by atoms with Crippen molar-refractivity contribution in [1.29, 1.82) is 0 Å². The first kappa shape index (κ1) is 24.5. The highest BCUT2D eigenvalue weighted by atomic mass is 16.5. The van der Waals surface area contributed by atoms with Crippen LogP contribution in [0.1, 0.15) is 44.6 Å². The van der Waals surface area contributed by atoms with Gasteiger partial charge in [0.2, 0.25) is 5.91 Å². The Hall–Kier alpha value is -3.19. The molecular formula is C26H33N3O4. The van der Waals surface area contributed by atoms with Gasteiger partial charge < -0.3 is 14.4 Å². The number of carbonyl (C=O) groups excluding carboxylic acids is 1. The molecule has 0 bridgehead atoms. The number of fused-ring (bicyclic) bond motifs is 1. The zero-order chi connectivity index (χ0) is 24.1. The number of carbonyl (C=O) groups is 1. The molecular weight excluding hydrogens is 418 g/mol. The van der Waals surface area contributed by atoms with Crippen molar-refractivity contribution in [3.05, 3.63) is 64.2 Å². The third-order valence-electron chi connectivity index (χ3n) is 5.66. The van der Waals surface area contributed by atoms with Crippen molar-refractivity contribution in [2.45, 2.75) is 40.2 Å². The molecule has 0 aliphatic heterocycles. The van der Waals surface area contributed by atoms with Gasteiger partial charge in [0.05, 0.1) is 36.3 Å². The average molecular weight is 452 g/mol. The first-order valence-corrected chi connectivity index (χ1v) is 11.2. The van der Waals surface area contributed by atoms with Crippen molar-refractivity contribution in [2.24, 2.45) is 5.92 Å². The van der Waals surface area contributed by atoms with E-state index < -0.39 is 6.04 Å². The fourth-order valence-electron chi connectivity index (χ4n) is 3.97. The third kappa shape index (κ3) is 5.25. The van der Waals surface area contributed by atoms with Crippen LogP contribution in [-0.4, -0.2) is 47.7 Å². The van der Waals surface area contributed by atoms with E-state index in [0.29, 0.717) is 47.7 Å². The number of amides is 1. The molecule has 3 rings (SSSR count). The number of para-hydroxylation sites is 1. The van der Waals surface area contributed by atoms with Crippen molar-refractivity contribution in [3.8, 4) is 11.4 Å². The van der Waals surface area contributed by atoms with Crippen LogP contribution in [0.2, 0.25) is 0 Å². The number of methoxy groups -OCH3 is 2. The number of benzene rings is 2. The Morgan fingerprint density at radius 3 is 2.52 bits per heavy atom. The average Bonchev–Trinajstić information content (AvgIpc) is 2.78. The van der Waals surface area contributed by atoms with E-state index in [1.807, 2.05) is 64.1 Å². The minimum absolute atomic E-state index is 0.000264. The van der Waals surface area contributed by atoms with E-state index in [1.165, 1.54) is 0 Å². The molecule has 0 spiro atoms. The molecule has 33 heavy (non-hydrogen) atoms. The van der Waals surface area contributed by atoms with E-state index in [2.05, 4.69) is 0 Å². The van der Waals surface area contributed by atoms with E-state index in [4.69, 9.17) is 14.5 Å². The van der Waals surface area contributed by atoms with E-state index >= 15 is 0 Å². The monoisotopic (exact) mass is 451 g/mol. The Kier molecular flexibility index (Phi) is 7.87. The van der Waals surface area contributed by atoms with Crippen LogP contribution in [0.4, 0.5) is 0 Å². The van der Waals surface area contributed by atoms with Crippen molar-refractivity contribution in [1.82, 2.24) is 14.5 Å². The number of aryl methyl sites for hydroxylation is 1. The summed E-state index contributed by atoms with van der Waals surface area (Å²) in [6.45, 7) is 8.68. The Labute approximate surface area is 195 Å². The zero-order valence-electron chi connectivity index (χ0n) is 20.3. The van der Waals surface area contributed by atoms with Crippen LogP contribution in [0.5, 0.6) is 5.75 Å². The Bertz CT molecular complexity index is 1190. The number of ether oxygens (including phenoxy) is 2. The summed E-state index contributed by atoms with van der Waals surface area (Å²) in [6, 6.07) is 12.5. The summed E-state index contributed by atoms with van der Waals surface area (Å²) in [5, 5.41) is 0.508. The highest BCUT2D eigenvalue weighted by Gasteiger charge is 2.28. The molecule has 0 aliphatic rings. The standard InChI is InChI=1S/C26H33N3O4/c1-17(2)15-24(30)28(13-14-32-5)19(4)25-27-21-10-8-7-9-20(21)26(31)29(25)22-16-18(3)11-12-23(22)33-6/h7-12,16-17,19H,13-15H2,1-6H3. The quantitative estimate of drug-likeness (QED) is 0.485. The van der Waals surface area contributed by atoms with E-state index in [1.54, 1.807) is 29.8 Å². The van der Waals surface area contributed by atoms with Crippen molar-refractivity contribution < 1.29 is 14.3 Å². The molecule has 1 atom stereocenters. The van der Waals surface area contributed by atoms with Crippen LogP contribution in [0.25, 0.3) is 16.6 Å². The van der Waals surface area contributed by atoms with Crippen LogP contribution >= 0.6 is 0 Å². The fourth-order valence-corrected chi connectivity index (χ4v) is 3.97. The van der Waals surface area contributed by atoms with Gasteiger partial charge in [-0.25, -0.2) is 4.98 Å². The van der Waals surface area contributed by atoms with Crippen LogP contribution in [0, 0.1) is 12.8 Å². The third-order valence-corrected chi connectivity index (χ3v) is 5.66. The number of hydrogen-bond donors (Lipinski definition) is 0. The molecule has 0 saturated carbocycles. The van der Waals surface area contributed by atoms with Gasteiger partial charge in [0, 0.05) is 20.1 Å². The van der Waals surface area contributed by atoms with Gasteiger partial charge in [-0.1, -0.05) is 32.0 Å². The summed E-state index contributed by atoms with van der Waals surface area (Å²) in [7, 11) is 3.19. The Morgan fingerprint density at radius 2 is 1.85 bits per heavy atom. The number of nitrogens with zero attached hydrogens (tertiary/aromatic N) is 3. The van der Waals surface area contributed by atoms with Crippen molar-refractivity contribution in [3.63, 3.8) is 0 Å². The lowest BCUT2D eigenvalue weighted by Crippen LogP contribution is -2.39. The number of rotatable bonds is 9. The SMILES string of the molecule is COCCN(C(=O)CC(C)C)C(C)c1nc2ccccc2c(=O)n1-c1cc(C)ccc1OC. The van der Waals surface area contributed by atoms with Gasteiger partial charge >= 0.3 is 0 Å². The summed E-state index contributed by atoms with van der Waals surface area (Å²) in [6.07, 6.45) is 0.402. The van der Waals surface area contributed by atoms with Gasteiger partial charge in [0.15, 0.2) is 0 Å². The molecule has 1 heterocycles. The molecule has 2 aromatic carbocycles. The first-order valence-electron chi connectivity index (χ1n) is 11.2. The lowest BCUT2D eigenvalue weighted by molar-refractivity contribution is -0.135. The maximum absolute atomic E-state index is 13.8. The van der Waals surface area contributed by atoms with Gasteiger partial charge in [-0.15, -0.1) is 0 Å². The van der Waals surface area contributed by atoms with Gasteiger partial charge in [-0.3, -0.25) is 14.2 Å². The highest BCUT2D eigenvalue weighted by molar-refractivity contribution is 5.79. The minimum atomic E-state index is -0.464. The van der Waals surface area contributed by atoms with Gasteiger partial charge in [-0.05, 0) is 49.6 Å². The molecule has 0 saturated heterocycles. The van der Waals surface area contributed by atoms with Crippen LogP contribution in [0.15, 0.2) is 47.3 Å². The van der Waals surface area contributed by atoms with Crippen LogP contribution < -0.4 is 10.3 Å². The van der Waals surface area contributed by atoms with E-state index in [9.17, 15) is 9.59 Å². The molecule has 176 valence electrons. The largest absolute Gasteiger partial charge is 0.495 e. The van der Waals surface area contributed by atoms with Gasteiger partial charge in [0.1, 0.15) is 11.6 Å². The van der Waals surface area contributed by atoms with Crippen LogP contribution in [-0.2, 0) is 9.53 Å². The normalized spacial score (nSPS) is 12.2. The predicted octanol–water partition coefficient (Wildman–Crippen LogP) is 4.28. The second-order valence-electron chi connectivity index (χ2n) is 8.66. The summed E-state index contributed by atoms with van der Waals surface area (Å²) >= 11 is 0. The number of hydrogen-bond acceptors (Lipinski definition) is 5. The maximum Gasteiger partial charge on any atom is 0.266 e. The molecule has 1 aromatic heterocycles. The maximum atomic E-state index is 13.8. The predicted molar refractivity (Wildman–Crippen MR) is 130 cm³/mol. The Balaban J connectivity index is 2.28. The molecule has 0 N–H and O–H groups in total. The molecule has 7 nitrogen and oxygen atoms in total. The summed E-state index contributed by atoms with van der Waals surface area (Å²) in [5.41, 5.74) is 1.98. The first-order chi connectivity index (χ1) is 15.8. The summed E-state index contributed by atoms with van der Waals surface area (Å²) in [5.74, 6) is 1.25. The number of aromatic nitrogens is 2. The lowest BCUT2D eigenvalue weighted by Gasteiger charge is -2.31. The van der Waals surface area contributed by atoms with E-state index in [-0.39, 0.29) is 17.4 Å². The van der Waals surface area contributed by atoms with Gasteiger partial charge in [-0.2, -0.15) is 0 Å². The Morgan fingerprint density at radius 1 is 1.12 bits per heavy atom.